The molecule has 0 aliphatic heterocycles. The Hall–Kier alpha value is -0.893. The first-order valence-electron chi connectivity index (χ1n) is 6.26. The Balaban J connectivity index is 2.66. The van der Waals surface area contributed by atoms with Crippen LogP contribution in [0.3, 0.4) is 0 Å². The van der Waals surface area contributed by atoms with Crippen molar-refractivity contribution >= 4 is 19.9 Å². The molecule has 0 amide bonds. The highest BCUT2D eigenvalue weighted by Crippen LogP contribution is 2.36. The number of hydrogen-bond donors (Lipinski definition) is 0. The Morgan fingerprint density at radius 3 is 2.47 bits per heavy atom. The second kappa shape index (κ2) is 6.04. The van der Waals surface area contributed by atoms with Crippen LogP contribution in [0.2, 0.25) is 23.4 Å². The van der Waals surface area contributed by atoms with Gasteiger partial charge in [0.15, 0.2) is 8.32 Å². The minimum atomic E-state index is -1.73. The standard InChI is InChI=1S/C14H21ClN2OSi/c1-11-10-12(17-13(15)16-11)8-7-9-18-19(5,6)14(2,3)4/h10H,9H2,1-6H3. The van der Waals surface area contributed by atoms with E-state index in [2.05, 4.69) is 55.7 Å². The molecule has 0 saturated carbocycles. The minimum Gasteiger partial charge on any atom is -0.406 e. The molecule has 0 saturated heterocycles. The van der Waals surface area contributed by atoms with E-state index >= 15 is 0 Å². The van der Waals surface area contributed by atoms with Gasteiger partial charge in [-0.15, -0.1) is 0 Å². The third-order valence-electron chi connectivity index (χ3n) is 3.35. The zero-order chi connectivity index (χ0) is 14.7. The molecule has 1 heterocycles. The lowest BCUT2D eigenvalue weighted by Gasteiger charge is -2.35. The van der Waals surface area contributed by atoms with Crippen molar-refractivity contribution in [3.05, 3.63) is 22.7 Å². The summed E-state index contributed by atoms with van der Waals surface area (Å²) in [5.74, 6) is 5.96. The molecular weight excluding hydrogens is 276 g/mol. The van der Waals surface area contributed by atoms with Crippen LogP contribution >= 0.6 is 11.6 Å². The molecule has 1 aromatic rings. The molecule has 0 spiro atoms. The van der Waals surface area contributed by atoms with Crippen LogP contribution in [0.15, 0.2) is 6.07 Å². The number of halogens is 1. The summed E-state index contributed by atoms with van der Waals surface area (Å²) in [5, 5.41) is 0.429. The molecule has 3 nitrogen and oxygen atoms in total. The summed E-state index contributed by atoms with van der Waals surface area (Å²) in [6.45, 7) is 13.3. The maximum atomic E-state index is 5.97. The summed E-state index contributed by atoms with van der Waals surface area (Å²) in [6, 6.07) is 1.81. The topological polar surface area (TPSA) is 35.0 Å². The first-order valence-corrected chi connectivity index (χ1v) is 9.54. The average Bonchev–Trinajstić information content (AvgIpc) is 2.21. The highest BCUT2D eigenvalue weighted by molar-refractivity contribution is 6.74. The Labute approximate surface area is 121 Å². The van der Waals surface area contributed by atoms with Gasteiger partial charge in [-0.1, -0.05) is 26.7 Å². The van der Waals surface area contributed by atoms with Crippen molar-refractivity contribution in [3.8, 4) is 11.8 Å². The summed E-state index contributed by atoms with van der Waals surface area (Å²) in [4.78, 5) is 8.05. The third-order valence-corrected chi connectivity index (χ3v) is 8.00. The lowest BCUT2D eigenvalue weighted by atomic mass is 10.2. The summed E-state index contributed by atoms with van der Waals surface area (Å²) in [5.41, 5.74) is 1.45. The minimum absolute atomic E-state index is 0.198. The molecule has 0 fully saturated rings. The fourth-order valence-electron chi connectivity index (χ4n) is 1.16. The summed E-state index contributed by atoms with van der Waals surface area (Å²) in [7, 11) is -1.73. The number of nitrogens with zero attached hydrogens (tertiary/aromatic N) is 2. The van der Waals surface area contributed by atoms with Gasteiger partial charge in [0, 0.05) is 5.69 Å². The molecule has 1 rings (SSSR count). The molecule has 0 aliphatic rings. The molecule has 1 aromatic heterocycles. The van der Waals surface area contributed by atoms with Gasteiger partial charge in [0.2, 0.25) is 5.28 Å². The van der Waals surface area contributed by atoms with Crippen molar-refractivity contribution in [2.75, 3.05) is 6.61 Å². The Bertz CT molecular complexity index is 492. The monoisotopic (exact) mass is 296 g/mol. The molecule has 104 valence electrons. The number of rotatable bonds is 2. The molecule has 5 heteroatoms. The summed E-state index contributed by atoms with van der Waals surface area (Å²) < 4.78 is 5.97. The van der Waals surface area contributed by atoms with E-state index < -0.39 is 8.32 Å². The van der Waals surface area contributed by atoms with Crippen molar-refractivity contribution in [1.82, 2.24) is 9.97 Å². The van der Waals surface area contributed by atoms with Gasteiger partial charge >= 0.3 is 0 Å². The van der Waals surface area contributed by atoms with Crippen molar-refractivity contribution in [3.63, 3.8) is 0 Å². The molecule has 19 heavy (non-hydrogen) atoms. The maximum Gasteiger partial charge on any atom is 0.223 e. The molecule has 0 aromatic carbocycles. The third kappa shape index (κ3) is 4.94. The van der Waals surface area contributed by atoms with Crippen LogP contribution in [0.1, 0.15) is 32.2 Å². The van der Waals surface area contributed by atoms with E-state index in [1.165, 1.54) is 0 Å². The van der Waals surface area contributed by atoms with Crippen LogP contribution in [-0.2, 0) is 4.43 Å². The zero-order valence-corrected chi connectivity index (χ0v) is 14.2. The predicted molar refractivity (Wildman–Crippen MR) is 81.8 cm³/mol. The molecule has 0 bridgehead atoms. The first-order chi connectivity index (χ1) is 8.62. The Kier molecular flexibility index (Phi) is 5.14. The van der Waals surface area contributed by atoms with Gasteiger partial charge in [0.05, 0.1) is 6.61 Å². The van der Waals surface area contributed by atoms with Crippen molar-refractivity contribution < 1.29 is 4.43 Å². The Morgan fingerprint density at radius 1 is 1.32 bits per heavy atom. The van der Waals surface area contributed by atoms with E-state index in [0.717, 1.165) is 5.69 Å². The van der Waals surface area contributed by atoms with E-state index in [1.807, 2.05) is 13.0 Å². The van der Waals surface area contributed by atoms with Gasteiger partial charge < -0.3 is 4.43 Å². The molecule has 0 N–H and O–H groups in total. The quantitative estimate of drug-likeness (QED) is 0.473. The lowest BCUT2D eigenvalue weighted by Crippen LogP contribution is -2.40. The number of aryl methyl sites for hydroxylation is 1. The fourth-order valence-corrected chi connectivity index (χ4v) is 2.25. The molecular formula is C14H21ClN2OSi. The summed E-state index contributed by atoms with van der Waals surface area (Å²) in [6.07, 6.45) is 0. The fraction of sp³-hybridized carbons (Fsp3) is 0.571. The first kappa shape index (κ1) is 16.2. The van der Waals surface area contributed by atoms with E-state index in [9.17, 15) is 0 Å². The van der Waals surface area contributed by atoms with Gasteiger partial charge in [-0.3, -0.25) is 0 Å². The van der Waals surface area contributed by atoms with E-state index in [-0.39, 0.29) is 10.3 Å². The zero-order valence-electron chi connectivity index (χ0n) is 12.5. The van der Waals surface area contributed by atoms with Crippen molar-refractivity contribution in [2.45, 2.75) is 45.8 Å². The average molecular weight is 297 g/mol. The SMILES string of the molecule is Cc1cc(C#CCO[Si](C)(C)C(C)(C)C)nc(Cl)n1. The molecule has 0 aliphatic carbocycles. The second-order valence-corrected chi connectivity index (χ2v) is 11.2. The van der Waals surface area contributed by atoms with Crippen LogP contribution < -0.4 is 0 Å². The normalized spacial score (nSPS) is 11.9. The van der Waals surface area contributed by atoms with Crippen molar-refractivity contribution in [2.24, 2.45) is 0 Å². The van der Waals surface area contributed by atoms with Gasteiger partial charge in [-0.05, 0) is 48.6 Å². The molecule has 0 atom stereocenters. The van der Waals surface area contributed by atoms with Crippen LogP contribution in [0.25, 0.3) is 0 Å². The highest BCUT2D eigenvalue weighted by Gasteiger charge is 2.36. The van der Waals surface area contributed by atoms with Gasteiger partial charge in [-0.25, -0.2) is 9.97 Å². The molecule has 0 unspecified atom stereocenters. The van der Waals surface area contributed by atoms with Gasteiger partial charge in [0.25, 0.3) is 0 Å². The van der Waals surface area contributed by atoms with Gasteiger partial charge in [0.1, 0.15) is 5.69 Å². The Morgan fingerprint density at radius 2 is 1.95 bits per heavy atom. The van der Waals surface area contributed by atoms with E-state index in [0.29, 0.717) is 12.3 Å². The lowest BCUT2D eigenvalue weighted by molar-refractivity contribution is 0.334. The van der Waals surface area contributed by atoms with Crippen LogP contribution in [0.4, 0.5) is 0 Å². The van der Waals surface area contributed by atoms with E-state index in [4.69, 9.17) is 16.0 Å². The smallest absolute Gasteiger partial charge is 0.223 e. The van der Waals surface area contributed by atoms with Crippen LogP contribution in [-0.4, -0.2) is 24.9 Å². The van der Waals surface area contributed by atoms with Crippen molar-refractivity contribution in [1.29, 1.82) is 0 Å². The number of hydrogen-bond acceptors (Lipinski definition) is 3. The van der Waals surface area contributed by atoms with Gasteiger partial charge in [-0.2, -0.15) is 0 Å². The second-order valence-electron chi connectivity index (χ2n) is 6.01. The predicted octanol–water partition coefficient (Wildman–Crippen LogP) is 3.81. The largest absolute Gasteiger partial charge is 0.406 e. The highest BCUT2D eigenvalue weighted by atomic mass is 35.5. The summed E-state index contributed by atoms with van der Waals surface area (Å²) >= 11 is 5.78. The number of aromatic nitrogens is 2. The van der Waals surface area contributed by atoms with Crippen LogP contribution in [0, 0.1) is 18.8 Å². The van der Waals surface area contributed by atoms with Crippen LogP contribution in [0.5, 0.6) is 0 Å². The molecule has 0 radical (unpaired) electrons. The van der Waals surface area contributed by atoms with E-state index in [1.54, 1.807) is 0 Å². The maximum absolute atomic E-state index is 5.97.